The molecule has 2 aromatic carbocycles. The van der Waals surface area contributed by atoms with Crippen molar-refractivity contribution in [1.82, 2.24) is 4.90 Å². The third kappa shape index (κ3) is 5.48. The van der Waals surface area contributed by atoms with E-state index in [0.29, 0.717) is 12.2 Å². The van der Waals surface area contributed by atoms with Crippen LogP contribution >= 0.6 is 12.4 Å². The molecule has 0 spiro atoms. The van der Waals surface area contributed by atoms with Gasteiger partial charge in [-0.1, -0.05) is 30.7 Å². The van der Waals surface area contributed by atoms with Crippen molar-refractivity contribution in [3.63, 3.8) is 0 Å². The van der Waals surface area contributed by atoms with Crippen LogP contribution in [-0.2, 0) is 0 Å². The van der Waals surface area contributed by atoms with E-state index < -0.39 is 5.97 Å². The highest BCUT2D eigenvalue weighted by molar-refractivity contribution is 5.88. The van der Waals surface area contributed by atoms with E-state index in [2.05, 4.69) is 4.90 Å². The summed E-state index contributed by atoms with van der Waals surface area (Å²) >= 11 is 0. The molecule has 1 aliphatic heterocycles. The fraction of sp³-hybridized carbons (Fsp3) is 0.350. The summed E-state index contributed by atoms with van der Waals surface area (Å²) in [4.78, 5) is 13.3. The van der Waals surface area contributed by atoms with Gasteiger partial charge in [-0.05, 0) is 61.3 Å². The van der Waals surface area contributed by atoms with Crippen LogP contribution < -0.4 is 4.74 Å². The third-order valence-corrected chi connectivity index (χ3v) is 4.44. The van der Waals surface area contributed by atoms with E-state index in [0.717, 1.165) is 23.4 Å². The van der Waals surface area contributed by atoms with E-state index in [1.165, 1.54) is 32.4 Å². The fourth-order valence-corrected chi connectivity index (χ4v) is 3.02. The molecular weight excluding hydrogens is 338 g/mol. The first-order valence-electron chi connectivity index (χ1n) is 8.51. The number of rotatable bonds is 6. The van der Waals surface area contributed by atoms with Crippen LogP contribution in [0.4, 0.5) is 0 Å². The smallest absolute Gasteiger partial charge is 0.335 e. The maximum Gasteiger partial charge on any atom is 0.335 e. The largest absolute Gasteiger partial charge is 0.492 e. The first-order valence-corrected chi connectivity index (χ1v) is 8.51. The Balaban J connectivity index is 0.00000225. The zero-order valence-corrected chi connectivity index (χ0v) is 15.0. The number of nitrogens with zero attached hydrogens (tertiary/aromatic N) is 1. The van der Waals surface area contributed by atoms with Gasteiger partial charge < -0.3 is 9.84 Å². The molecule has 25 heavy (non-hydrogen) atoms. The van der Waals surface area contributed by atoms with Crippen LogP contribution in [0, 0.1) is 0 Å². The predicted octanol–water partition coefficient (Wildman–Crippen LogP) is 4.34. The molecule has 0 saturated carbocycles. The van der Waals surface area contributed by atoms with Crippen LogP contribution in [0.25, 0.3) is 11.1 Å². The molecule has 1 N–H and O–H groups in total. The Bertz CT molecular complexity index is 664. The molecule has 0 amide bonds. The van der Waals surface area contributed by atoms with Gasteiger partial charge in [-0.15, -0.1) is 12.4 Å². The van der Waals surface area contributed by atoms with Gasteiger partial charge in [0.05, 0.1) is 5.56 Å². The molecule has 0 aromatic heterocycles. The Hall–Kier alpha value is -2.04. The summed E-state index contributed by atoms with van der Waals surface area (Å²) in [5, 5.41) is 8.94. The van der Waals surface area contributed by atoms with E-state index >= 15 is 0 Å². The standard InChI is InChI=1S/C20H23NO3.ClH/c22-20(23)18-6-4-16(5-7-18)17-8-10-19(11-9-17)24-15-14-21-12-2-1-3-13-21;/h4-11H,1-3,12-15H2,(H,22,23);1H. The van der Waals surface area contributed by atoms with Gasteiger partial charge in [0, 0.05) is 6.54 Å². The molecule has 0 atom stereocenters. The Morgan fingerprint density at radius 1 is 0.920 bits per heavy atom. The molecule has 0 radical (unpaired) electrons. The maximum absolute atomic E-state index is 10.9. The van der Waals surface area contributed by atoms with Gasteiger partial charge in [0.2, 0.25) is 0 Å². The molecule has 4 nitrogen and oxygen atoms in total. The minimum Gasteiger partial charge on any atom is -0.492 e. The summed E-state index contributed by atoms with van der Waals surface area (Å²) in [6, 6.07) is 14.9. The van der Waals surface area contributed by atoms with Crippen molar-refractivity contribution in [1.29, 1.82) is 0 Å². The van der Waals surface area contributed by atoms with Crippen molar-refractivity contribution in [2.75, 3.05) is 26.2 Å². The second-order valence-electron chi connectivity index (χ2n) is 6.16. The molecule has 3 rings (SSSR count). The molecule has 1 fully saturated rings. The van der Waals surface area contributed by atoms with Crippen molar-refractivity contribution in [3.05, 3.63) is 54.1 Å². The molecule has 0 unspecified atom stereocenters. The maximum atomic E-state index is 10.9. The minimum atomic E-state index is -0.904. The lowest BCUT2D eigenvalue weighted by Crippen LogP contribution is -2.33. The van der Waals surface area contributed by atoms with Crippen molar-refractivity contribution in [3.8, 4) is 16.9 Å². The van der Waals surface area contributed by atoms with E-state index in [1.807, 2.05) is 36.4 Å². The SMILES string of the molecule is Cl.O=C(O)c1ccc(-c2ccc(OCCN3CCCCC3)cc2)cc1. The molecular formula is C20H24ClNO3. The van der Waals surface area contributed by atoms with Crippen molar-refractivity contribution in [2.45, 2.75) is 19.3 Å². The molecule has 134 valence electrons. The van der Waals surface area contributed by atoms with Crippen LogP contribution in [0.5, 0.6) is 5.75 Å². The highest BCUT2D eigenvalue weighted by atomic mass is 35.5. The minimum absolute atomic E-state index is 0. The molecule has 2 aromatic rings. The van der Waals surface area contributed by atoms with Crippen molar-refractivity contribution >= 4 is 18.4 Å². The number of carbonyl (C=O) groups is 1. The van der Waals surface area contributed by atoms with Gasteiger partial charge >= 0.3 is 5.97 Å². The lowest BCUT2D eigenvalue weighted by Gasteiger charge is -2.26. The number of hydrogen-bond acceptors (Lipinski definition) is 3. The molecule has 1 heterocycles. The van der Waals surface area contributed by atoms with Gasteiger partial charge in [0.15, 0.2) is 0 Å². The number of ether oxygens (including phenoxy) is 1. The Morgan fingerprint density at radius 2 is 1.48 bits per heavy atom. The van der Waals surface area contributed by atoms with Crippen LogP contribution in [0.1, 0.15) is 29.6 Å². The Kier molecular flexibility index (Phi) is 7.29. The highest BCUT2D eigenvalue weighted by Gasteiger charge is 2.09. The number of halogens is 1. The zero-order valence-electron chi connectivity index (χ0n) is 14.2. The van der Waals surface area contributed by atoms with Gasteiger partial charge in [-0.2, -0.15) is 0 Å². The van der Waals surface area contributed by atoms with Crippen molar-refractivity contribution in [2.24, 2.45) is 0 Å². The number of piperidine rings is 1. The lowest BCUT2D eigenvalue weighted by atomic mass is 10.0. The highest BCUT2D eigenvalue weighted by Crippen LogP contribution is 2.23. The second kappa shape index (κ2) is 9.44. The number of likely N-dealkylation sites (tertiary alicyclic amines) is 1. The summed E-state index contributed by atoms with van der Waals surface area (Å²) in [5.74, 6) is -0.0306. The zero-order chi connectivity index (χ0) is 16.8. The van der Waals surface area contributed by atoms with E-state index in [1.54, 1.807) is 12.1 Å². The topological polar surface area (TPSA) is 49.8 Å². The second-order valence-corrected chi connectivity index (χ2v) is 6.16. The first kappa shape index (κ1) is 19.3. The predicted molar refractivity (Wildman–Crippen MR) is 102 cm³/mol. The molecule has 1 aliphatic rings. The third-order valence-electron chi connectivity index (χ3n) is 4.44. The number of hydrogen-bond donors (Lipinski definition) is 1. The summed E-state index contributed by atoms with van der Waals surface area (Å²) in [6.07, 6.45) is 3.96. The van der Waals surface area contributed by atoms with Crippen LogP contribution in [0.15, 0.2) is 48.5 Å². The number of carboxylic acid groups (broad SMARTS) is 1. The lowest BCUT2D eigenvalue weighted by molar-refractivity contribution is 0.0697. The monoisotopic (exact) mass is 361 g/mol. The molecule has 1 saturated heterocycles. The number of benzene rings is 2. The van der Waals surface area contributed by atoms with Crippen LogP contribution in [0.3, 0.4) is 0 Å². The summed E-state index contributed by atoms with van der Waals surface area (Å²) in [7, 11) is 0. The molecule has 5 heteroatoms. The Morgan fingerprint density at radius 3 is 2.04 bits per heavy atom. The molecule has 0 bridgehead atoms. The molecule has 0 aliphatic carbocycles. The van der Waals surface area contributed by atoms with Gasteiger partial charge in [-0.25, -0.2) is 4.79 Å². The summed E-state index contributed by atoms with van der Waals surface area (Å²) in [5.41, 5.74) is 2.35. The summed E-state index contributed by atoms with van der Waals surface area (Å²) in [6.45, 7) is 4.08. The van der Waals surface area contributed by atoms with Gasteiger partial charge in [0.1, 0.15) is 12.4 Å². The summed E-state index contributed by atoms with van der Waals surface area (Å²) < 4.78 is 5.83. The van der Waals surface area contributed by atoms with E-state index in [9.17, 15) is 4.79 Å². The van der Waals surface area contributed by atoms with Crippen molar-refractivity contribution < 1.29 is 14.6 Å². The first-order chi connectivity index (χ1) is 11.7. The van der Waals surface area contributed by atoms with E-state index in [4.69, 9.17) is 9.84 Å². The fourth-order valence-electron chi connectivity index (χ4n) is 3.02. The quantitative estimate of drug-likeness (QED) is 0.831. The number of carboxylic acids is 1. The normalized spacial score (nSPS) is 14.6. The number of aromatic carboxylic acids is 1. The van der Waals surface area contributed by atoms with E-state index in [-0.39, 0.29) is 12.4 Å². The van der Waals surface area contributed by atoms with Crippen LogP contribution in [-0.4, -0.2) is 42.2 Å². The average Bonchev–Trinajstić information content (AvgIpc) is 2.63. The van der Waals surface area contributed by atoms with Gasteiger partial charge in [-0.3, -0.25) is 4.90 Å². The van der Waals surface area contributed by atoms with Crippen LogP contribution in [0.2, 0.25) is 0 Å². The van der Waals surface area contributed by atoms with Gasteiger partial charge in [0.25, 0.3) is 0 Å². The Labute approximate surface area is 154 Å². The average molecular weight is 362 g/mol.